The van der Waals surface area contributed by atoms with Gasteiger partial charge in [-0.1, -0.05) is 20.8 Å². The van der Waals surface area contributed by atoms with E-state index in [4.69, 9.17) is 9.15 Å². The van der Waals surface area contributed by atoms with Gasteiger partial charge < -0.3 is 9.15 Å². The van der Waals surface area contributed by atoms with Crippen LogP contribution in [0.2, 0.25) is 0 Å². The Balaban J connectivity index is 2.34. The van der Waals surface area contributed by atoms with Crippen LogP contribution >= 0.6 is 27.3 Å². The number of ether oxygens (including phenoxy) is 1. The maximum absolute atomic E-state index is 12.1. The fourth-order valence-corrected chi connectivity index (χ4v) is 4.73. The van der Waals surface area contributed by atoms with Gasteiger partial charge in [-0.3, -0.25) is 0 Å². The lowest BCUT2D eigenvalue weighted by molar-refractivity contribution is 0.416. The van der Waals surface area contributed by atoms with E-state index >= 15 is 0 Å². The summed E-state index contributed by atoms with van der Waals surface area (Å²) < 4.78 is 12.1. The molecule has 2 heterocycles. The Labute approximate surface area is 159 Å². The van der Waals surface area contributed by atoms with Crippen molar-refractivity contribution in [2.24, 2.45) is 0 Å². The molecule has 0 N–H and O–H groups in total. The Bertz CT molecular complexity index is 1020. The Hall–Kier alpha value is -1.59. The predicted molar refractivity (Wildman–Crippen MR) is 108 cm³/mol. The molecule has 0 saturated heterocycles. The SMILES string of the molecule is COc1c(Br)c(-c2ccc(C(C)(C)C)s2)cc2oc(=O)c(C)c(C)c12. The van der Waals surface area contributed by atoms with Gasteiger partial charge >= 0.3 is 5.63 Å². The summed E-state index contributed by atoms with van der Waals surface area (Å²) in [6, 6.07) is 6.18. The van der Waals surface area contributed by atoms with E-state index < -0.39 is 0 Å². The molecule has 0 spiro atoms. The topological polar surface area (TPSA) is 39.4 Å². The number of aryl methyl sites for hydroxylation is 1. The van der Waals surface area contributed by atoms with Gasteiger partial charge in [-0.15, -0.1) is 11.3 Å². The molecule has 3 nitrogen and oxygen atoms in total. The number of rotatable bonds is 2. The molecule has 0 unspecified atom stereocenters. The van der Waals surface area contributed by atoms with Crippen molar-refractivity contribution in [3.8, 4) is 16.2 Å². The molecule has 3 aromatic rings. The molecule has 1 aromatic carbocycles. The van der Waals surface area contributed by atoms with Gasteiger partial charge in [0.1, 0.15) is 11.3 Å². The maximum Gasteiger partial charge on any atom is 0.339 e. The van der Waals surface area contributed by atoms with Gasteiger partial charge in [0.05, 0.1) is 17.0 Å². The first-order valence-electron chi connectivity index (χ1n) is 8.06. The molecule has 0 aliphatic rings. The predicted octanol–water partition coefficient (Wildman–Crippen LogP) is 6.21. The summed E-state index contributed by atoms with van der Waals surface area (Å²) in [6.45, 7) is 10.3. The van der Waals surface area contributed by atoms with Crippen LogP contribution in [-0.2, 0) is 5.41 Å². The number of thiophene rings is 1. The fourth-order valence-electron chi connectivity index (χ4n) is 2.82. The van der Waals surface area contributed by atoms with E-state index in [1.54, 1.807) is 25.4 Å². The number of methoxy groups -OCH3 is 1. The molecule has 0 saturated carbocycles. The Morgan fingerprint density at radius 3 is 2.40 bits per heavy atom. The van der Waals surface area contributed by atoms with Gasteiger partial charge in [-0.2, -0.15) is 0 Å². The second-order valence-corrected chi connectivity index (χ2v) is 9.07. The lowest BCUT2D eigenvalue weighted by atomic mass is 9.95. The van der Waals surface area contributed by atoms with E-state index in [1.165, 1.54) is 4.88 Å². The van der Waals surface area contributed by atoms with Crippen LogP contribution in [0.15, 0.2) is 31.9 Å². The zero-order valence-electron chi connectivity index (χ0n) is 15.2. The summed E-state index contributed by atoms with van der Waals surface area (Å²) in [5, 5.41) is 0.836. The standard InChI is InChI=1S/C20H21BrO3S/c1-10-11(2)19(22)24-13-9-12(17(21)18(23-6)16(10)13)14-7-8-15(25-14)20(3,4)5/h7-9H,1-6H3. The quantitative estimate of drug-likeness (QED) is 0.462. The number of hydrogen-bond donors (Lipinski definition) is 0. The molecule has 0 bridgehead atoms. The normalized spacial score (nSPS) is 12.0. The molecule has 0 radical (unpaired) electrons. The number of fused-ring (bicyclic) bond motifs is 1. The number of hydrogen-bond acceptors (Lipinski definition) is 4. The first-order chi connectivity index (χ1) is 11.6. The molecule has 132 valence electrons. The van der Waals surface area contributed by atoms with Crippen LogP contribution in [0.4, 0.5) is 0 Å². The minimum Gasteiger partial charge on any atom is -0.495 e. The van der Waals surface area contributed by atoms with Crippen LogP contribution < -0.4 is 10.4 Å². The highest BCUT2D eigenvalue weighted by molar-refractivity contribution is 9.10. The van der Waals surface area contributed by atoms with Gasteiger partial charge in [0, 0.05) is 20.9 Å². The Morgan fingerprint density at radius 2 is 1.84 bits per heavy atom. The van der Waals surface area contributed by atoms with Crippen LogP contribution in [0.3, 0.4) is 0 Å². The van der Waals surface area contributed by atoms with Crippen LogP contribution in [0.1, 0.15) is 36.8 Å². The molecule has 0 fully saturated rings. The zero-order valence-corrected chi connectivity index (χ0v) is 17.6. The first kappa shape index (κ1) is 18.2. The Morgan fingerprint density at radius 1 is 1.16 bits per heavy atom. The van der Waals surface area contributed by atoms with Crippen LogP contribution in [0.5, 0.6) is 5.75 Å². The first-order valence-corrected chi connectivity index (χ1v) is 9.67. The molecular formula is C20H21BrO3S. The molecule has 3 rings (SSSR count). The van der Waals surface area contributed by atoms with Crippen molar-refractivity contribution in [3.05, 3.63) is 49.1 Å². The van der Waals surface area contributed by atoms with Crippen LogP contribution in [0.25, 0.3) is 21.4 Å². The molecular weight excluding hydrogens is 400 g/mol. The molecule has 2 aromatic heterocycles. The lowest BCUT2D eigenvalue weighted by Gasteiger charge is -2.16. The van der Waals surface area contributed by atoms with Crippen molar-refractivity contribution >= 4 is 38.2 Å². The van der Waals surface area contributed by atoms with Crippen molar-refractivity contribution in [2.45, 2.75) is 40.0 Å². The molecule has 0 aliphatic heterocycles. The second kappa shape index (κ2) is 6.29. The van der Waals surface area contributed by atoms with Crippen molar-refractivity contribution in [3.63, 3.8) is 0 Å². The third-order valence-electron chi connectivity index (χ3n) is 4.45. The van der Waals surface area contributed by atoms with Crippen molar-refractivity contribution in [1.82, 2.24) is 0 Å². The van der Waals surface area contributed by atoms with Crippen molar-refractivity contribution in [2.75, 3.05) is 7.11 Å². The van der Waals surface area contributed by atoms with Crippen LogP contribution in [0, 0.1) is 13.8 Å². The second-order valence-electron chi connectivity index (χ2n) is 7.20. The fraction of sp³-hybridized carbons (Fsp3) is 0.350. The van der Waals surface area contributed by atoms with Crippen LogP contribution in [-0.4, -0.2) is 7.11 Å². The minimum atomic E-state index is -0.304. The Kier molecular flexibility index (Phi) is 4.58. The zero-order chi connectivity index (χ0) is 18.5. The molecule has 5 heteroatoms. The maximum atomic E-state index is 12.1. The smallest absolute Gasteiger partial charge is 0.339 e. The van der Waals surface area contributed by atoms with E-state index in [1.807, 2.05) is 13.0 Å². The minimum absolute atomic E-state index is 0.0938. The summed E-state index contributed by atoms with van der Waals surface area (Å²) in [5.74, 6) is 0.697. The average Bonchev–Trinajstić information content (AvgIpc) is 3.03. The van der Waals surface area contributed by atoms with E-state index in [0.717, 1.165) is 25.9 Å². The summed E-state index contributed by atoms with van der Waals surface area (Å²) in [7, 11) is 1.64. The van der Waals surface area contributed by atoms with E-state index in [-0.39, 0.29) is 11.0 Å². The third-order valence-corrected chi connectivity index (χ3v) is 6.78. The lowest BCUT2D eigenvalue weighted by Crippen LogP contribution is -2.07. The van der Waals surface area contributed by atoms with Gasteiger partial charge in [0.2, 0.25) is 0 Å². The van der Waals surface area contributed by atoms with Gasteiger partial charge in [-0.05, 0) is 59.0 Å². The molecule has 0 atom stereocenters. The largest absolute Gasteiger partial charge is 0.495 e. The van der Waals surface area contributed by atoms with E-state index in [0.29, 0.717) is 16.9 Å². The van der Waals surface area contributed by atoms with Gasteiger partial charge in [0.25, 0.3) is 0 Å². The highest BCUT2D eigenvalue weighted by Crippen LogP contribution is 2.45. The van der Waals surface area contributed by atoms with Crippen molar-refractivity contribution in [1.29, 1.82) is 0 Å². The monoisotopic (exact) mass is 420 g/mol. The van der Waals surface area contributed by atoms with Crippen molar-refractivity contribution < 1.29 is 9.15 Å². The highest BCUT2D eigenvalue weighted by Gasteiger charge is 2.22. The van der Waals surface area contributed by atoms with E-state index in [2.05, 4.69) is 48.8 Å². The summed E-state index contributed by atoms with van der Waals surface area (Å²) >= 11 is 5.44. The summed E-state index contributed by atoms with van der Waals surface area (Å²) in [4.78, 5) is 14.5. The van der Waals surface area contributed by atoms with Gasteiger partial charge in [0.15, 0.2) is 0 Å². The number of halogens is 1. The molecule has 0 aliphatic carbocycles. The summed E-state index contributed by atoms with van der Waals surface area (Å²) in [5.41, 5.74) is 2.80. The molecule has 25 heavy (non-hydrogen) atoms. The summed E-state index contributed by atoms with van der Waals surface area (Å²) in [6.07, 6.45) is 0. The molecule has 0 amide bonds. The third kappa shape index (κ3) is 3.04. The average molecular weight is 421 g/mol. The van der Waals surface area contributed by atoms with Gasteiger partial charge in [-0.25, -0.2) is 4.79 Å². The number of benzene rings is 1. The highest BCUT2D eigenvalue weighted by atomic mass is 79.9. The van der Waals surface area contributed by atoms with E-state index in [9.17, 15) is 4.79 Å².